The minimum atomic E-state index is -3.48. The van der Waals surface area contributed by atoms with E-state index in [9.17, 15) is 8.42 Å². The number of hydrogen-bond acceptors (Lipinski definition) is 6. The molecule has 5 rings (SSSR count). The van der Waals surface area contributed by atoms with Crippen molar-refractivity contribution in [2.75, 3.05) is 26.3 Å². The molecule has 2 aliphatic heterocycles. The molecule has 7 nitrogen and oxygen atoms in total. The summed E-state index contributed by atoms with van der Waals surface area (Å²) in [4.78, 5) is 6.16. The molecule has 2 fully saturated rings. The zero-order valence-electron chi connectivity index (χ0n) is 21.5. The minimum Gasteiger partial charge on any atom is -0.494 e. The van der Waals surface area contributed by atoms with E-state index in [1.165, 1.54) is 0 Å². The van der Waals surface area contributed by atoms with Crippen LogP contribution in [0.1, 0.15) is 39.5 Å². The van der Waals surface area contributed by atoms with Crippen LogP contribution in [0.4, 0.5) is 5.69 Å². The largest absolute Gasteiger partial charge is 0.494 e. The summed E-state index contributed by atoms with van der Waals surface area (Å²) in [6.45, 7) is 7.46. The second-order valence-corrected chi connectivity index (χ2v) is 12.6. The van der Waals surface area contributed by atoms with Gasteiger partial charge in [0.15, 0.2) is 4.80 Å². The molecule has 0 bridgehead atoms. The molecular weight excluding hydrogens is 506 g/mol. The van der Waals surface area contributed by atoms with Gasteiger partial charge in [-0.15, -0.1) is 11.3 Å². The van der Waals surface area contributed by atoms with Crippen molar-refractivity contribution >= 4 is 27.0 Å². The number of hydrogen-bond donors (Lipinski definition) is 0. The summed E-state index contributed by atoms with van der Waals surface area (Å²) < 4.78 is 41.7. The van der Waals surface area contributed by atoms with Crippen LogP contribution in [0.15, 0.2) is 63.8 Å². The molecule has 1 atom stereocenters. The van der Waals surface area contributed by atoms with Crippen molar-refractivity contribution in [3.63, 3.8) is 0 Å². The Labute approximate surface area is 223 Å². The van der Waals surface area contributed by atoms with Gasteiger partial charge < -0.3 is 14.0 Å². The summed E-state index contributed by atoms with van der Waals surface area (Å²) in [5, 5.41) is 2.10. The summed E-state index contributed by atoms with van der Waals surface area (Å²) in [5.41, 5.74) is 2.84. The predicted octanol–water partition coefficient (Wildman–Crippen LogP) is 5.45. The van der Waals surface area contributed by atoms with E-state index in [4.69, 9.17) is 14.5 Å². The SMILES string of the molecule is CCOc1ccc(N=c2scc(-c3ccc(S(=O)(=O)N4CCC(C)CC4)cc3)n2CC2CCCO2)cc1. The molecule has 3 heterocycles. The van der Waals surface area contributed by atoms with E-state index in [1.54, 1.807) is 27.8 Å². The van der Waals surface area contributed by atoms with E-state index in [2.05, 4.69) is 16.9 Å². The Kier molecular flexibility index (Phi) is 8.14. The average molecular weight is 542 g/mol. The molecule has 0 N–H and O–H groups in total. The van der Waals surface area contributed by atoms with Gasteiger partial charge in [-0.3, -0.25) is 0 Å². The van der Waals surface area contributed by atoms with Gasteiger partial charge in [0, 0.05) is 25.1 Å². The van der Waals surface area contributed by atoms with Crippen molar-refractivity contribution < 1.29 is 17.9 Å². The lowest BCUT2D eigenvalue weighted by atomic mass is 10.0. The summed E-state index contributed by atoms with van der Waals surface area (Å²) in [5.74, 6) is 1.41. The van der Waals surface area contributed by atoms with E-state index in [1.807, 2.05) is 43.3 Å². The molecule has 37 heavy (non-hydrogen) atoms. The maximum atomic E-state index is 13.2. The number of thiazole rings is 1. The zero-order chi connectivity index (χ0) is 25.8. The topological polar surface area (TPSA) is 73.1 Å². The van der Waals surface area contributed by atoms with Crippen LogP contribution < -0.4 is 9.54 Å². The van der Waals surface area contributed by atoms with Crippen LogP contribution in [0, 0.1) is 5.92 Å². The highest BCUT2D eigenvalue weighted by molar-refractivity contribution is 7.89. The highest BCUT2D eigenvalue weighted by Crippen LogP contribution is 2.28. The number of rotatable bonds is 8. The zero-order valence-corrected chi connectivity index (χ0v) is 23.1. The first kappa shape index (κ1) is 26.2. The minimum absolute atomic E-state index is 0.147. The van der Waals surface area contributed by atoms with Crippen LogP contribution in [0.3, 0.4) is 0 Å². The molecule has 198 valence electrons. The molecule has 2 saturated heterocycles. The van der Waals surface area contributed by atoms with Crippen molar-refractivity contribution in [1.29, 1.82) is 0 Å². The average Bonchev–Trinajstić information content (AvgIpc) is 3.56. The van der Waals surface area contributed by atoms with Gasteiger partial charge in [-0.25, -0.2) is 13.4 Å². The fourth-order valence-corrected chi connectivity index (χ4v) is 7.29. The Morgan fingerprint density at radius 1 is 1.05 bits per heavy atom. The first-order valence-electron chi connectivity index (χ1n) is 13.1. The monoisotopic (exact) mass is 541 g/mol. The number of sulfonamides is 1. The van der Waals surface area contributed by atoms with Crippen molar-refractivity contribution in [2.24, 2.45) is 10.9 Å². The lowest BCUT2D eigenvalue weighted by molar-refractivity contribution is 0.0968. The first-order chi connectivity index (χ1) is 17.9. The van der Waals surface area contributed by atoms with Crippen LogP contribution >= 0.6 is 11.3 Å². The quantitative estimate of drug-likeness (QED) is 0.380. The van der Waals surface area contributed by atoms with Gasteiger partial charge in [0.2, 0.25) is 10.0 Å². The molecule has 1 aromatic heterocycles. The molecule has 0 amide bonds. The summed E-state index contributed by atoms with van der Waals surface area (Å²) >= 11 is 1.58. The lowest BCUT2D eigenvalue weighted by Gasteiger charge is -2.29. The number of benzene rings is 2. The first-order valence-corrected chi connectivity index (χ1v) is 15.4. The van der Waals surface area contributed by atoms with E-state index in [0.29, 0.717) is 37.1 Å². The normalized spacial score (nSPS) is 19.9. The van der Waals surface area contributed by atoms with Gasteiger partial charge in [-0.1, -0.05) is 19.1 Å². The standard InChI is InChI=1S/C28H35N3O4S2/c1-3-34-24-10-8-23(9-11-24)29-28-31(19-25-5-4-18-35-25)27(20-36-28)22-6-12-26(13-7-22)37(32,33)30-16-14-21(2)15-17-30/h6-13,20-21,25H,3-5,14-19H2,1-2H3. The van der Waals surface area contributed by atoms with Gasteiger partial charge in [-0.2, -0.15) is 4.31 Å². The second kappa shape index (κ2) is 11.5. The van der Waals surface area contributed by atoms with Crippen LogP contribution in [0.2, 0.25) is 0 Å². The van der Waals surface area contributed by atoms with Gasteiger partial charge >= 0.3 is 0 Å². The maximum absolute atomic E-state index is 13.2. The molecule has 3 aromatic rings. The molecule has 2 aliphatic rings. The molecule has 9 heteroatoms. The maximum Gasteiger partial charge on any atom is 0.243 e. The van der Waals surface area contributed by atoms with Crippen molar-refractivity contribution in [2.45, 2.75) is 57.1 Å². The highest BCUT2D eigenvalue weighted by Gasteiger charge is 2.28. The number of aromatic nitrogens is 1. The van der Waals surface area contributed by atoms with Gasteiger partial charge in [-0.05, 0) is 80.5 Å². The molecule has 0 spiro atoms. The summed E-state index contributed by atoms with van der Waals surface area (Å²) in [7, 11) is -3.48. The third-order valence-corrected chi connectivity index (χ3v) is 9.89. The van der Waals surface area contributed by atoms with Crippen molar-refractivity contribution in [3.8, 4) is 17.0 Å². The molecule has 1 unspecified atom stereocenters. The van der Waals surface area contributed by atoms with E-state index >= 15 is 0 Å². The van der Waals surface area contributed by atoms with Gasteiger partial charge in [0.1, 0.15) is 5.75 Å². The van der Waals surface area contributed by atoms with E-state index in [-0.39, 0.29) is 6.10 Å². The Morgan fingerprint density at radius 3 is 2.43 bits per heavy atom. The third-order valence-electron chi connectivity index (χ3n) is 7.11. The highest BCUT2D eigenvalue weighted by atomic mass is 32.2. The Balaban J connectivity index is 1.45. The summed E-state index contributed by atoms with van der Waals surface area (Å²) in [6.07, 6.45) is 4.06. The fraction of sp³-hybridized carbons (Fsp3) is 0.464. The number of piperidine rings is 1. The molecule has 2 aromatic carbocycles. The molecular formula is C28H35N3O4S2. The van der Waals surface area contributed by atoms with Crippen molar-refractivity contribution in [3.05, 3.63) is 58.7 Å². The number of ether oxygens (including phenoxy) is 2. The molecule has 0 aliphatic carbocycles. The fourth-order valence-electron chi connectivity index (χ4n) is 4.88. The predicted molar refractivity (Wildman–Crippen MR) is 147 cm³/mol. The lowest BCUT2D eigenvalue weighted by Crippen LogP contribution is -2.37. The smallest absolute Gasteiger partial charge is 0.243 e. The Morgan fingerprint density at radius 2 is 1.78 bits per heavy atom. The van der Waals surface area contributed by atoms with Crippen LogP contribution in [-0.4, -0.2) is 49.7 Å². The number of nitrogens with zero attached hydrogens (tertiary/aromatic N) is 3. The van der Waals surface area contributed by atoms with Crippen LogP contribution in [0.25, 0.3) is 11.3 Å². The third kappa shape index (κ3) is 6.00. The summed E-state index contributed by atoms with van der Waals surface area (Å²) in [6, 6.07) is 15.1. The Hall–Kier alpha value is -2.46. The van der Waals surface area contributed by atoms with Crippen molar-refractivity contribution in [1.82, 2.24) is 8.87 Å². The van der Waals surface area contributed by atoms with E-state index < -0.39 is 10.0 Å². The van der Waals surface area contributed by atoms with Crippen LogP contribution in [0.5, 0.6) is 5.75 Å². The Bertz CT molecular complexity index is 1350. The van der Waals surface area contributed by atoms with Gasteiger partial charge in [0.25, 0.3) is 0 Å². The van der Waals surface area contributed by atoms with Gasteiger partial charge in [0.05, 0.1) is 35.5 Å². The van der Waals surface area contributed by atoms with Crippen LogP contribution in [-0.2, 0) is 21.3 Å². The molecule has 0 radical (unpaired) electrons. The van der Waals surface area contributed by atoms with E-state index in [0.717, 1.165) is 59.8 Å². The molecule has 0 saturated carbocycles. The second-order valence-electron chi connectivity index (χ2n) is 9.80.